The van der Waals surface area contributed by atoms with Crippen molar-refractivity contribution in [3.05, 3.63) is 26.3 Å². The summed E-state index contributed by atoms with van der Waals surface area (Å²) < 4.78 is 0.580. The van der Waals surface area contributed by atoms with Gasteiger partial charge in [-0.3, -0.25) is 4.79 Å². The number of nitrogens with one attached hydrogen (secondary N) is 1. The van der Waals surface area contributed by atoms with Crippen molar-refractivity contribution in [3.63, 3.8) is 0 Å². The van der Waals surface area contributed by atoms with Gasteiger partial charge in [0.1, 0.15) is 10.3 Å². The number of aryl methyl sites for hydroxylation is 1. The van der Waals surface area contributed by atoms with Crippen molar-refractivity contribution in [1.29, 1.82) is 0 Å². The molecule has 1 rings (SSSR count). The first kappa shape index (κ1) is 15.4. The van der Waals surface area contributed by atoms with Gasteiger partial charge in [0.25, 0.3) is 5.56 Å². The van der Waals surface area contributed by atoms with Crippen LogP contribution in [-0.2, 0) is 12.8 Å². The van der Waals surface area contributed by atoms with Crippen LogP contribution < -0.4 is 5.56 Å². The van der Waals surface area contributed by atoms with E-state index in [0.29, 0.717) is 4.47 Å². The van der Waals surface area contributed by atoms with Crippen LogP contribution in [0.4, 0.5) is 0 Å². The second-order valence-electron chi connectivity index (χ2n) is 4.30. The maximum Gasteiger partial charge on any atom is 0.265 e. The topological polar surface area (TPSA) is 49.0 Å². The minimum absolute atomic E-state index is 0.0667. The number of rotatable bonds is 7. The molecule has 0 bridgehead atoms. The molecule has 4 nitrogen and oxygen atoms in total. The van der Waals surface area contributed by atoms with Crippen LogP contribution >= 0.6 is 15.9 Å². The summed E-state index contributed by atoms with van der Waals surface area (Å²) in [6.07, 6.45) is 2.62. The summed E-state index contributed by atoms with van der Waals surface area (Å²) in [5.41, 5.74) is 0.804. The molecule has 1 aromatic heterocycles. The van der Waals surface area contributed by atoms with Gasteiger partial charge in [-0.1, -0.05) is 27.2 Å². The molecule has 5 heteroatoms. The van der Waals surface area contributed by atoms with Crippen molar-refractivity contribution in [2.75, 3.05) is 19.6 Å². The average Bonchev–Trinajstić information content (AvgIpc) is 2.36. The highest BCUT2D eigenvalue weighted by Gasteiger charge is 2.09. The first-order valence-corrected chi connectivity index (χ1v) is 7.41. The molecule has 0 aliphatic carbocycles. The lowest BCUT2D eigenvalue weighted by Crippen LogP contribution is -2.27. The highest BCUT2D eigenvalue weighted by atomic mass is 79.9. The molecule has 0 saturated heterocycles. The van der Waals surface area contributed by atoms with Gasteiger partial charge < -0.3 is 9.88 Å². The Bertz CT molecular complexity index is 427. The standard InChI is InChI=1S/C13H22BrN3O/c1-4-7-10-12(14)13(18)16-11(15-10)8-9-17(5-2)6-3/h4-9H2,1-3H3,(H,15,16,18). The molecule has 0 saturated carbocycles. The number of halogens is 1. The van der Waals surface area contributed by atoms with Gasteiger partial charge in [0.05, 0.1) is 5.69 Å². The molecule has 1 aromatic rings. The van der Waals surface area contributed by atoms with Crippen molar-refractivity contribution in [1.82, 2.24) is 14.9 Å². The fourth-order valence-corrected chi connectivity index (χ4v) is 2.27. The molecule has 0 spiro atoms. The third kappa shape index (κ3) is 4.21. The quantitative estimate of drug-likeness (QED) is 0.840. The van der Waals surface area contributed by atoms with E-state index in [1.54, 1.807) is 0 Å². The van der Waals surface area contributed by atoms with E-state index >= 15 is 0 Å². The second kappa shape index (κ2) is 7.69. The van der Waals surface area contributed by atoms with Crippen LogP contribution in [0.3, 0.4) is 0 Å². The molecule has 0 unspecified atom stereocenters. The fraction of sp³-hybridized carbons (Fsp3) is 0.692. The van der Waals surface area contributed by atoms with E-state index in [2.05, 4.69) is 51.6 Å². The summed E-state index contributed by atoms with van der Waals surface area (Å²) >= 11 is 3.31. The van der Waals surface area contributed by atoms with Crippen molar-refractivity contribution >= 4 is 15.9 Å². The molecule has 1 heterocycles. The number of aromatic nitrogens is 2. The van der Waals surface area contributed by atoms with Gasteiger partial charge in [0, 0.05) is 13.0 Å². The lowest BCUT2D eigenvalue weighted by molar-refractivity contribution is 0.305. The van der Waals surface area contributed by atoms with Crippen molar-refractivity contribution < 1.29 is 0 Å². The molecular weight excluding hydrogens is 294 g/mol. The van der Waals surface area contributed by atoms with Crippen LogP contribution in [0, 0.1) is 0 Å². The smallest absolute Gasteiger partial charge is 0.265 e. The van der Waals surface area contributed by atoms with E-state index in [4.69, 9.17) is 0 Å². The summed E-state index contributed by atoms with van der Waals surface area (Å²) in [6, 6.07) is 0. The number of nitrogens with zero attached hydrogens (tertiary/aromatic N) is 2. The predicted molar refractivity (Wildman–Crippen MR) is 78.0 cm³/mol. The summed E-state index contributed by atoms with van der Waals surface area (Å²) in [5.74, 6) is 0.790. The SMILES string of the molecule is CCCc1nc(CCN(CC)CC)[nH]c(=O)c1Br. The van der Waals surface area contributed by atoms with Crippen LogP contribution in [0.25, 0.3) is 0 Å². The van der Waals surface area contributed by atoms with Crippen LogP contribution in [0.2, 0.25) is 0 Å². The van der Waals surface area contributed by atoms with Gasteiger partial charge in [0.2, 0.25) is 0 Å². The summed E-state index contributed by atoms with van der Waals surface area (Å²) in [6.45, 7) is 9.36. The summed E-state index contributed by atoms with van der Waals surface area (Å²) in [4.78, 5) is 21.5. The third-order valence-corrected chi connectivity index (χ3v) is 3.84. The molecule has 0 amide bonds. The van der Waals surface area contributed by atoms with E-state index in [9.17, 15) is 4.79 Å². The van der Waals surface area contributed by atoms with E-state index in [1.807, 2.05) is 0 Å². The van der Waals surface area contributed by atoms with Gasteiger partial charge in [0.15, 0.2) is 0 Å². The Balaban J connectivity index is 2.80. The molecule has 0 aliphatic rings. The Hall–Kier alpha value is -0.680. The van der Waals surface area contributed by atoms with Crippen molar-refractivity contribution in [2.24, 2.45) is 0 Å². The minimum Gasteiger partial charge on any atom is -0.310 e. The van der Waals surface area contributed by atoms with E-state index in [0.717, 1.165) is 50.4 Å². The van der Waals surface area contributed by atoms with Crippen molar-refractivity contribution in [2.45, 2.75) is 40.0 Å². The lowest BCUT2D eigenvalue weighted by Gasteiger charge is -2.17. The number of hydrogen-bond donors (Lipinski definition) is 1. The van der Waals surface area contributed by atoms with Crippen LogP contribution in [-0.4, -0.2) is 34.5 Å². The van der Waals surface area contributed by atoms with Gasteiger partial charge in [-0.05, 0) is 35.4 Å². The summed E-state index contributed by atoms with van der Waals surface area (Å²) in [7, 11) is 0. The van der Waals surface area contributed by atoms with Gasteiger partial charge in [-0.15, -0.1) is 0 Å². The largest absolute Gasteiger partial charge is 0.310 e. The van der Waals surface area contributed by atoms with Crippen molar-refractivity contribution in [3.8, 4) is 0 Å². The molecular formula is C13H22BrN3O. The maximum atomic E-state index is 11.8. The van der Waals surface area contributed by atoms with Gasteiger partial charge in [-0.25, -0.2) is 4.98 Å². The molecule has 0 atom stereocenters. The Labute approximate surface area is 117 Å². The molecule has 102 valence electrons. The Morgan fingerprint density at radius 3 is 2.44 bits per heavy atom. The zero-order chi connectivity index (χ0) is 13.5. The first-order valence-electron chi connectivity index (χ1n) is 6.62. The zero-order valence-electron chi connectivity index (χ0n) is 11.4. The van der Waals surface area contributed by atoms with Crippen LogP contribution in [0.1, 0.15) is 38.7 Å². The monoisotopic (exact) mass is 315 g/mol. The molecule has 18 heavy (non-hydrogen) atoms. The number of aromatic amines is 1. The van der Waals surface area contributed by atoms with E-state index < -0.39 is 0 Å². The normalized spacial score (nSPS) is 11.2. The molecule has 1 N–H and O–H groups in total. The number of H-pyrrole nitrogens is 1. The molecule has 0 radical (unpaired) electrons. The molecule has 0 aliphatic heterocycles. The van der Waals surface area contributed by atoms with Gasteiger partial charge in [-0.2, -0.15) is 0 Å². The Kier molecular flexibility index (Phi) is 6.57. The molecule has 0 fully saturated rings. The van der Waals surface area contributed by atoms with Gasteiger partial charge >= 0.3 is 0 Å². The van der Waals surface area contributed by atoms with Crippen LogP contribution in [0.5, 0.6) is 0 Å². The Morgan fingerprint density at radius 1 is 1.22 bits per heavy atom. The Morgan fingerprint density at radius 2 is 1.89 bits per heavy atom. The third-order valence-electron chi connectivity index (χ3n) is 3.03. The number of hydrogen-bond acceptors (Lipinski definition) is 3. The molecule has 0 aromatic carbocycles. The lowest BCUT2D eigenvalue weighted by atomic mass is 10.2. The minimum atomic E-state index is -0.0667. The first-order chi connectivity index (χ1) is 8.62. The highest BCUT2D eigenvalue weighted by molar-refractivity contribution is 9.10. The maximum absolute atomic E-state index is 11.8. The zero-order valence-corrected chi connectivity index (χ0v) is 13.0. The van der Waals surface area contributed by atoms with E-state index in [1.165, 1.54) is 0 Å². The second-order valence-corrected chi connectivity index (χ2v) is 5.09. The number of likely N-dealkylation sites (N-methyl/N-ethyl adjacent to an activating group) is 1. The average molecular weight is 316 g/mol. The summed E-state index contributed by atoms with van der Waals surface area (Å²) in [5, 5.41) is 0. The fourth-order valence-electron chi connectivity index (χ4n) is 1.88. The predicted octanol–water partition coefficient (Wildman–Crippen LogP) is 2.37. The van der Waals surface area contributed by atoms with E-state index in [-0.39, 0.29) is 5.56 Å². The van der Waals surface area contributed by atoms with Crippen LogP contribution in [0.15, 0.2) is 9.27 Å². The highest BCUT2D eigenvalue weighted by Crippen LogP contribution is 2.11.